The summed E-state index contributed by atoms with van der Waals surface area (Å²) in [7, 11) is 0. The summed E-state index contributed by atoms with van der Waals surface area (Å²) in [5.74, 6) is 0.595. The lowest BCUT2D eigenvalue weighted by atomic mass is 10.1. The molecule has 2 atom stereocenters. The number of non-ortho nitro benzene ring substituents is 1. The molecule has 5 nitrogen and oxygen atoms in total. The molecule has 2 aromatic rings. The fourth-order valence-electron chi connectivity index (χ4n) is 2.72. The normalized spacial score (nSPS) is 22.1. The lowest BCUT2D eigenvalue weighted by Gasteiger charge is -2.18. The number of benzene rings is 2. The Balaban J connectivity index is 2.04. The summed E-state index contributed by atoms with van der Waals surface area (Å²) < 4.78 is 5.86. The van der Waals surface area contributed by atoms with E-state index in [0.29, 0.717) is 16.5 Å². The molecule has 0 aromatic heterocycles. The Morgan fingerprint density at radius 3 is 2.55 bits per heavy atom. The average Bonchev–Trinajstić information content (AvgIpc) is 2.84. The van der Waals surface area contributed by atoms with Gasteiger partial charge in [0.05, 0.1) is 16.4 Å². The predicted octanol–water partition coefficient (Wildman–Crippen LogP) is 3.04. The summed E-state index contributed by atoms with van der Waals surface area (Å²) in [6.45, 7) is 0. The van der Waals surface area contributed by atoms with E-state index in [0.717, 1.165) is 19.3 Å². The number of nitrogens with zero attached hydrogens (tertiary/aromatic N) is 1. The van der Waals surface area contributed by atoms with Gasteiger partial charge in [-0.2, -0.15) is 0 Å². The molecule has 1 aliphatic rings. The minimum atomic E-state index is -0.455. The first-order chi connectivity index (χ1) is 9.66. The first-order valence-corrected chi connectivity index (χ1v) is 6.67. The zero-order chi connectivity index (χ0) is 14.1. The van der Waals surface area contributed by atoms with Crippen LogP contribution in [0.25, 0.3) is 10.8 Å². The average molecular weight is 273 g/mol. The highest BCUT2D eigenvalue weighted by Gasteiger charge is 2.27. The van der Waals surface area contributed by atoms with Crippen molar-refractivity contribution in [1.29, 1.82) is 0 Å². The van der Waals surface area contributed by atoms with Crippen molar-refractivity contribution >= 4 is 16.5 Å². The van der Waals surface area contributed by atoms with Crippen molar-refractivity contribution in [3.05, 3.63) is 46.5 Å². The van der Waals surface area contributed by atoms with Crippen LogP contribution >= 0.6 is 0 Å². The number of ether oxygens (including phenoxy) is 1. The van der Waals surface area contributed by atoms with Gasteiger partial charge in [-0.3, -0.25) is 10.1 Å². The largest absolute Gasteiger partial charge is 0.487 e. The molecular weight excluding hydrogens is 258 g/mol. The standard InChI is InChI=1S/C15H15NO4/c17-13-6-3-7-15(13)20-14-9-8-12(16(18)19)10-4-1-2-5-11(10)14/h1-2,4-5,8-9,13,15,17H,3,6-7H2/t13-,15-/m1/s1. The highest BCUT2D eigenvalue weighted by molar-refractivity contribution is 5.95. The van der Waals surface area contributed by atoms with Crippen LogP contribution in [0.15, 0.2) is 36.4 Å². The molecule has 1 aliphatic carbocycles. The van der Waals surface area contributed by atoms with E-state index in [1.807, 2.05) is 6.07 Å². The topological polar surface area (TPSA) is 72.6 Å². The van der Waals surface area contributed by atoms with Crippen LogP contribution in [0.1, 0.15) is 19.3 Å². The predicted molar refractivity (Wildman–Crippen MR) is 74.9 cm³/mol. The summed E-state index contributed by atoms with van der Waals surface area (Å²) in [6.07, 6.45) is 1.82. The summed E-state index contributed by atoms with van der Waals surface area (Å²) in [4.78, 5) is 10.7. The molecule has 3 rings (SSSR count). The maximum absolute atomic E-state index is 11.0. The van der Waals surface area contributed by atoms with Crippen molar-refractivity contribution in [2.45, 2.75) is 31.5 Å². The second-order valence-electron chi connectivity index (χ2n) is 5.04. The Kier molecular flexibility index (Phi) is 3.28. The van der Waals surface area contributed by atoms with E-state index in [1.165, 1.54) is 6.07 Å². The molecule has 1 N–H and O–H groups in total. The Morgan fingerprint density at radius 2 is 1.90 bits per heavy atom. The van der Waals surface area contributed by atoms with E-state index in [9.17, 15) is 15.2 Å². The van der Waals surface area contributed by atoms with Gasteiger partial charge in [-0.05, 0) is 31.4 Å². The molecule has 20 heavy (non-hydrogen) atoms. The monoisotopic (exact) mass is 273 g/mol. The quantitative estimate of drug-likeness (QED) is 0.689. The van der Waals surface area contributed by atoms with Crippen LogP contribution in [0, 0.1) is 10.1 Å². The number of rotatable bonds is 3. The van der Waals surface area contributed by atoms with Crippen molar-refractivity contribution in [3.8, 4) is 5.75 Å². The van der Waals surface area contributed by atoms with Crippen LogP contribution in [0.2, 0.25) is 0 Å². The van der Waals surface area contributed by atoms with Gasteiger partial charge in [0.1, 0.15) is 11.9 Å². The van der Waals surface area contributed by atoms with Crippen molar-refractivity contribution in [2.75, 3.05) is 0 Å². The lowest BCUT2D eigenvalue weighted by Crippen LogP contribution is -2.25. The fraction of sp³-hybridized carbons (Fsp3) is 0.333. The summed E-state index contributed by atoms with van der Waals surface area (Å²) >= 11 is 0. The maximum Gasteiger partial charge on any atom is 0.277 e. The molecule has 0 aliphatic heterocycles. The number of hydrogen-bond acceptors (Lipinski definition) is 4. The number of aliphatic hydroxyl groups excluding tert-OH is 1. The Labute approximate surface area is 115 Å². The van der Waals surface area contributed by atoms with Gasteiger partial charge in [-0.15, -0.1) is 0 Å². The molecule has 2 aromatic carbocycles. The van der Waals surface area contributed by atoms with Gasteiger partial charge >= 0.3 is 0 Å². The van der Waals surface area contributed by atoms with Gasteiger partial charge < -0.3 is 9.84 Å². The molecule has 0 saturated heterocycles. The van der Waals surface area contributed by atoms with Crippen LogP contribution in [-0.4, -0.2) is 22.2 Å². The van der Waals surface area contributed by atoms with Gasteiger partial charge in [-0.25, -0.2) is 0 Å². The second kappa shape index (κ2) is 5.09. The Hall–Kier alpha value is -2.14. The van der Waals surface area contributed by atoms with Crippen LogP contribution in [0.5, 0.6) is 5.75 Å². The third-order valence-electron chi connectivity index (χ3n) is 3.75. The lowest BCUT2D eigenvalue weighted by molar-refractivity contribution is -0.383. The summed E-state index contributed by atoms with van der Waals surface area (Å²) in [5, 5.41) is 22.1. The molecule has 0 heterocycles. The SMILES string of the molecule is O=[N+]([O-])c1ccc(O[C@@H]2CCC[C@H]2O)c2ccccc12. The van der Waals surface area contributed by atoms with Crippen molar-refractivity contribution < 1.29 is 14.8 Å². The van der Waals surface area contributed by atoms with E-state index in [2.05, 4.69) is 0 Å². The van der Waals surface area contributed by atoms with Crippen molar-refractivity contribution in [1.82, 2.24) is 0 Å². The van der Waals surface area contributed by atoms with Crippen LogP contribution in [0.3, 0.4) is 0 Å². The number of nitro benzene ring substituents is 1. The van der Waals surface area contributed by atoms with Crippen LogP contribution < -0.4 is 4.74 Å². The molecule has 1 saturated carbocycles. The van der Waals surface area contributed by atoms with E-state index >= 15 is 0 Å². The summed E-state index contributed by atoms with van der Waals surface area (Å²) in [5.41, 5.74) is 0.0694. The van der Waals surface area contributed by atoms with Gasteiger partial charge in [0, 0.05) is 11.5 Å². The third kappa shape index (κ3) is 2.20. The minimum absolute atomic E-state index is 0.0694. The first kappa shape index (κ1) is 12.9. The van der Waals surface area contributed by atoms with Crippen molar-refractivity contribution in [2.24, 2.45) is 0 Å². The summed E-state index contributed by atoms with van der Waals surface area (Å²) in [6, 6.07) is 10.2. The Bertz CT molecular complexity index is 655. The van der Waals surface area contributed by atoms with E-state index in [1.54, 1.807) is 24.3 Å². The number of fused-ring (bicyclic) bond motifs is 1. The Morgan fingerprint density at radius 1 is 1.15 bits per heavy atom. The van der Waals surface area contributed by atoms with Gasteiger partial charge in [-0.1, -0.05) is 18.2 Å². The first-order valence-electron chi connectivity index (χ1n) is 6.67. The third-order valence-corrected chi connectivity index (χ3v) is 3.75. The van der Waals surface area contributed by atoms with Gasteiger partial charge in [0.15, 0.2) is 0 Å². The molecule has 0 bridgehead atoms. The minimum Gasteiger partial charge on any atom is -0.487 e. The molecule has 1 fully saturated rings. The second-order valence-corrected chi connectivity index (χ2v) is 5.04. The molecule has 0 radical (unpaired) electrons. The zero-order valence-corrected chi connectivity index (χ0v) is 10.9. The van der Waals surface area contributed by atoms with Crippen LogP contribution in [-0.2, 0) is 0 Å². The molecule has 104 valence electrons. The number of nitro groups is 1. The molecule has 5 heteroatoms. The molecule has 0 spiro atoms. The molecule has 0 unspecified atom stereocenters. The maximum atomic E-state index is 11.0. The molecular formula is C15H15NO4. The van der Waals surface area contributed by atoms with Gasteiger partial charge in [0.25, 0.3) is 5.69 Å². The van der Waals surface area contributed by atoms with E-state index in [-0.39, 0.29) is 11.8 Å². The number of aliphatic hydroxyl groups is 1. The number of hydrogen-bond donors (Lipinski definition) is 1. The zero-order valence-electron chi connectivity index (χ0n) is 10.9. The van der Waals surface area contributed by atoms with Gasteiger partial charge in [0.2, 0.25) is 0 Å². The highest BCUT2D eigenvalue weighted by Crippen LogP contribution is 2.35. The smallest absolute Gasteiger partial charge is 0.277 e. The van der Waals surface area contributed by atoms with Crippen LogP contribution in [0.4, 0.5) is 5.69 Å². The fourth-order valence-corrected chi connectivity index (χ4v) is 2.72. The highest BCUT2D eigenvalue weighted by atomic mass is 16.6. The molecule has 0 amide bonds. The van der Waals surface area contributed by atoms with Crippen molar-refractivity contribution in [3.63, 3.8) is 0 Å². The van der Waals surface area contributed by atoms with E-state index in [4.69, 9.17) is 4.74 Å². The van der Waals surface area contributed by atoms with E-state index < -0.39 is 11.0 Å².